The molecule has 130 valence electrons. The van der Waals surface area contributed by atoms with E-state index in [4.69, 9.17) is 0 Å². The topological polar surface area (TPSA) is 29.1 Å². The van der Waals surface area contributed by atoms with Gasteiger partial charge in [0.25, 0.3) is 0 Å². The normalized spacial score (nSPS) is 35.0. The van der Waals surface area contributed by atoms with Crippen LogP contribution in [0.4, 0.5) is 0 Å². The Hall–Kier alpha value is -0.960. The second kappa shape index (κ2) is 6.74. The first kappa shape index (κ1) is 16.5. The van der Waals surface area contributed by atoms with Crippen molar-refractivity contribution in [2.75, 3.05) is 5.75 Å². The third kappa shape index (κ3) is 3.37. The van der Waals surface area contributed by atoms with E-state index < -0.39 is 0 Å². The Morgan fingerprint density at radius 2 is 1.71 bits per heavy atom. The molecule has 4 aliphatic rings. The highest BCUT2D eigenvalue weighted by atomic mass is 32.2. The summed E-state index contributed by atoms with van der Waals surface area (Å²) in [6.07, 6.45) is 8.47. The molecule has 0 saturated heterocycles. The number of hydrogen-bond acceptors (Lipinski definition) is 2. The minimum absolute atomic E-state index is 0.221. The fourth-order valence-corrected chi connectivity index (χ4v) is 6.78. The van der Waals surface area contributed by atoms with Crippen molar-refractivity contribution < 1.29 is 4.79 Å². The average Bonchev–Trinajstić information content (AvgIpc) is 2.54. The van der Waals surface area contributed by atoms with Gasteiger partial charge in [-0.15, -0.1) is 11.8 Å². The summed E-state index contributed by atoms with van der Waals surface area (Å²) >= 11 is 1.72. The number of carbonyl (C=O) groups is 1. The van der Waals surface area contributed by atoms with E-state index >= 15 is 0 Å². The van der Waals surface area contributed by atoms with Crippen molar-refractivity contribution in [3.63, 3.8) is 0 Å². The number of nitrogens with one attached hydrogen (secondary N) is 1. The first-order valence-electron chi connectivity index (χ1n) is 9.54. The van der Waals surface area contributed by atoms with Crippen LogP contribution >= 0.6 is 11.8 Å². The summed E-state index contributed by atoms with van der Waals surface area (Å²) < 4.78 is 0. The minimum atomic E-state index is 0.221. The zero-order valence-electron chi connectivity index (χ0n) is 14.7. The molecule has 4 aliphatic carbocycles. The fraction of sp³-hybridized carbons (Fsp3) is 0.667. The Kier molecular flexibility index (Phi) is 4.64. The molecule has 4 saturated carbocycles. The van der Waals surface area contributed by atoms with Gasteiger partial charge in [0.05, 0.1) is 5.75 Å². The quantitative estimate of drug-likeness (QED) is 0.815. The second-order valence-corrected chi connectivity index (χ2v) is 9.53. The number of amides is 1. The Morgan fingerprint density at radius 3 is 2.29 bits per heavy atom. The molecule has 5 rings (SSSR count). The van der Waals surface area contributed by atoms with E-state index in [1.807, 2.05) is 6.07 Å². The van der Waals surface area contributed by atoms with Crippen LogP contribution in [0.2, 0.25) is 0 Å². The van der Waals surface area contributed by atoms with Crippen molar-refractivity contribution in [2.45, 2.75) is 57.2 Å². The maximum atomic E-state index is 12.4. The zero-order valence-corrected chi connectivity index (χ0v) is 15.5. The first-order valence-corrected chi connectivity index (χ1v) is 10.7. The van der Waals surface area contributed by atoms with Crippen LogP contribution in [0.15, 0.2) is 30.3 Å². The summed E-state index contributed by atoms with van der Waals surface area (Å²) in [5.41, 5.74) is 1.71. The summed E-state index contributed by atoms with van der Waals surface area (Å²) in [5, 5.41) is 3.36. The molecular weight excluding hydrogens is 314 g/mol. The zero-order chi connectivity index (χ0) is 16.6. The van der Waals surface area contributed by atoms with Gasteiger partial charge in [0.2, 0.25) is 5.91 Å². The lowest BCUT2D eigenvalue weighted by Gasteiger charge is -2.59. The Morgan fingerprint density at radius 1 is 1.12 bits per heavy atom. The lowest BCUT2D eigenvalue weighted by atomic mass is 9.48. The van der Waals surface area contributed by atoms with Crippen molar-refractivity contribution >= 4 is 17.7 Å². The van der Waals surface area contributed by atoms with Gasteiger partial charge in [-0.1, -0.05) is 30.3 Å². The molecule has 4 bridgehead atoms. The van der Waals surface area contributed by atoms with Crippen LogP contribution < -0.4 is 5.32 Å². The number of benzene rings is 1. The molecular formula is C21H29NOS. The molecule has 1 aromatic carbocycles. The Balaban J connectivity index is 1.28. The van der Waals surface area contributed by atoms with Gasteiger partial charge in [-0.05, 0) is 74.2 Å². The van der Waals surface area contributed by atoms with Gasteiger partial charge in [0, 0.05) is 11.8 Å². The van der Waals surface area contributed by atoms with Crippen LogP contribution in [-0.2, 0) is 10.5 Å². The average molecular weight is 344 g/mol. The van der Waals surface area contributed by atoms with Gasteiger partial charge in [0.15, 0.2) is 0 Å². The highest BCUT2D eigenvalue weighted by Gasteiger charge is 2.53. The van der Waals surface area contributed by atoms with Crippen molar-refractivity contribution in [3.05, 3.63) is 35.9 Å². The predicted octanol–water partition coefficient (Wildman–Crippen LogP) is 4.64. The van der Waals surface area contributed by atoms with Crippen molar-refractivity contribution in [3.8, 4) is 0 Å². The SMILES string of the molecule is C[C@H](NC(=O)CSCc1ccccc1)C12CC3CC(CC(C3)C1)C2. The predicted molar refractivity (Wildman–Crippen MR) is 101 cm³/mol. The molecule has 1 aromatic rings. The third-order valence-electron chi connectivity index (χ3n) is 6.73. The summed E-state index contributed by atoms with van der Waals surface area (Å²) in [4.78, 5) is 12.4. The molecule has 24 heavy (non-hydrogen) atoms. The van der Waals surface area contributed by atoms with Crippen molar-refractivity contribution in [1.82, 2.24) is 5.32 Å². The van der Waals surface area contributed by atoms with E-state index in [2.05, 4.69) is 36.5 Å². The van der Waals surface area contributed by atoms with Crippen LogP contribution in [0.1, 0.15) is 51.0 Å². The van der Waals surface area contributed by atoms with Gasteiger partial charge in [0.1, 0.15) is 0 Å². The molecule has 0 heterocycles. The monoisotopic (exact) mass is 343 g/mol. The summed E-state index contributed by atoms with van der Waals surface area (Å²) in [6, 6.07) is 10.8. The highest BCUT2D eigenvalue weighted by Crippen LogP contribution is 2.61. The van der Waals surface area contributed by atoms with Gasteiger partial charge >= 0.3 is 0 Å². The molecule has 0 unspecified atom stereocenters. The van der Waals surface area contributed by atoms with E-state index in [-0.39, 0.29) is 5.91 Å². The summed E-state index contributed by atoms with van der Waals surface area (Å²) in [5.74, 6) is 4.55. The van der Waals surface area contributed by atoms with Crippen molar-refractivity contribution in [1.29, 1.82) is 0 Å². The molecule has 2 nitrogen and oxygen atoms in total. The fourth-order valence-electron chi connectivity index (χ4n) is 5.98. The molecule has 0 radical (unpaired) electrons. The third-order valence-corrected chi connectivity index (χ3v) is 7.73. The second-order valence-electron chi connectivity index (χ2n) is 8.55. The molecule has 1 amide bonds. The van der Waals surface area contributed by atoms with Crippen LogP contribution in [0, 0.1) is 23.2 Å². The molecule has 0 spiro atoms. The van der Waals surface area contributed by atoms with Crippen LogP contribution in [0.5, 0.6) is 0 Å². The van der Waals surface area contributed by atoms with E-state index in [0.29, 0.717) is 17.2 Å². The van der Waals surface area contributed by atoms with Crippen molar-refractivity contribution in [2.24, 2.45) is 23.2 Å². The number of hydrogen-bond donors (Lipinski definition) is 1. The number of carbonyl (C=O) groups excluding carboxylic acids is 1. The van der Waals surface area contributed by atoms with Crippen LogP contribution in [0.3, 0.4) is 0 Å². The number of thioether (sulfide) groups is 1. The smallest absolute Gasteiger partial charge is 0.230 e. The van der Waals surface area contributed by atoms with Gasteiger partial charge in [-0.25, -0.2) is 0 Å². The molecule has 1 atom stereocenters. The molecule has 1 N–H and O–H groups in total. The van der Waals surface area contributed by atoms with E-state index in [0.717, 1.165) is 23.5 Å². The first-order chi connectivity index (χ1) is 11.6. The molecule has 0 aromatic heterocycles. The van der Waals surface area contributed by atoms with Crippen LogP contribution in [-0.4, -0.2) is 17.7 Å². The summed E-state index contributed by atoms with van der Waals surface area (Å²) in [7, 11) is 0. The van der Waals surface area contributed by atoms with Gasteiger partial charge in [-0.3, -0.25) is 4.79 Å². The van der Waals surface area contributed by atoms with Gasteiger partial charge < -0.3 is 5.32 Å². The van der Waals surface area contributed by atoms with E-state index in [1.165, 1.54) is 44.1 Å². The Bertz CT molecular complexity index is 549. The van der Waals surface area contributed by atoms with E-state index in [9.17, 15) is 4.79 Å². The highest BCUT2D eigenvalue weighted by molar-refractivity contribution is 7.99. The number of rotatable bonds is 6. The molecule has 3 heteroatoms. The maximum absolute atomic E-state index is 12.4. The van der Waals surface area contributed by atoms with Gasteiger partial charge in [-0.2, -0.15) is 0 Å². The van der Waals surface area contributed by atoms with Crippen LogP contribution in [0.25, 0.3) is 0 Å². The largest absolute Gasteiger partial charge is 0.352 e. The summed E-state index contributed by atoms with van der Waals surface area (Å²) in [6.45, 7) is 2.27. The Labute approximate surface area is 150 Å². The maximum Gasteiger partial charge on any atom is 0.230 e. The lowest BCUT2D eigenvalue weighted by molar-refractivity contribution is -0.123. The minimum Gasteiger partial charge on any atom is -0.352 e. The van der Waals surface area contributed by atoms with E-state index in [1.54, 1.807) is 11.8 Å². The molecule has 0 aliphatic heterocycles. The standard InChI is InChI=1S/C21H29NOS/c1-15(21-10-17-7-18(11-21)9-19(8-17)12-21)22-20(23)14-24-13-16-5-3-2-4-6-16/h2-6,15,17-19H,7-14H2,1H3,(H,22,23)/t15-,17?,18?,19?,21?/m0/s1. The molecule has 4 fully saturated rings. The lowest BCUT2D eigenvalue weighted by Crippen LogP contribution is -2.56.